The Kier molecular flexibility index (Phi) is 5.90. The van der Waals surface area contributed by atoms with Gasteiger partial charge in [0, 0.05) is 45.6 Å². The molecule has 0 bridgehead atoms. The van der Waals surface area contributed by atoms with Gasteiger partial charge in [-0.15, -0.1) is 0 Å². The summed E-state index contributed by atoms with van der Waals surface area (Å²) in [5.74, 6) is -0.788. The van der Waals surface area contributed by atoms with Gasteiger partial charge in [-0.1, -0.05) is 12.1 Å². The summed E-state index contributed by atoms with van der Waals surface area (Å²) in [5, 5.41) is 2.71. The average Bonchev–Trinajstić information content (AvgIpc) is 2.87. The quantitative estimate of drug-likeness (QED) is 0.846. The second-order valence-electron chi connectivity index (χ2n) is 7.13. The molecule has 2 aliphatic rings. The van der Waals surface area contributed by atoms with Gasteiger partial charge in [-0.3, -0.25) is 14.4 Å². The van der Waals surface area contributed by atoms with E-state index in [1.807, 2.05) is 0 Å². The second kappa shape index (κ2) is 8.20. The molecule has 1 N–H and O–H groups in total. The molecule has 0 saturated carbocycles. The lowest BCUT2D eigenvalue weighted by Crippen LogP contribution is -2.47. The number of likely N-dealkylation sites (tertiary alicyclic amines) is 1. The van der Waals surface area contributed by atoms with Crippen LogP contribution in [0.1, 0.15) is 30.4 Å². The van der Waals surface area contributed by atoms with Crippen molar-refractivity contribution in [2.45, 2.75) is 32.0 Å². The van der Waals surface area contributed by atoms with E-state index in [0.29, 0.717) is 31.6 Å². The minimum Gasteiger partial charge on any atom is -0.354 e. The number of nitrogens with zero attached hydrogens (tertiary/aromatic N) is 2. The minimum atomic E-state index is -4.45. The first-order valence-electron chi connectivity index (χ1n) is 9.23. The molecule has 0 aromatic heterocycles. The standard InChI is InChI=1S/C19H22F3N3O3/c20-19(21,22)15-3-1-2-13(10-15)11-25-12-14(4-5-17(25)27)18(28)24-8-6-16(26)23-7-9-24/h1-3,10,14H,4-9,11-12H2,(H,23,26)/t14-/m1/s1. The lowest BCUT2D eigenvalue weighted by atomic mass is 9.95. The molecule has 0 unspecified atom stereocenters. The third-order valence-corrected chi connectivity index (χ3v) is 5.10. The molecular formula is C19H22F3N3O3. The van der Waals surface area contributed by atoms with Gasteiger partial charge in [0.1, 0.15) is 0 Å². The average molecular weight is 397 g/mol. The Morgan fingerprint density at radius 2 is 1.96 bits per heavy atom. The van der Waals surface area contributed by atoms with Gasteiger partial charge in [-0.05, 0) is 24.1 Å². The van der Waals surface area contributed by atoms with E-state index >= 15 is 0 Å². The van der Waals surface area contributed by atoms with Gasteiger partial charge < -0.3 is 15.1 Å². The summed E-state index contributed by atoms with van der Waals surface area (Å²) >= 11 is 0. The molecule has 3 amide bonds. The minimum absolute atomic E-state index is 0.0343. The lowest BCUT2D eigenvalue weighted by molar-refractivity contribution is -0.143. The van der Waals surface area contributed by atoms with Crippen molar-refractivity contribution in [3.05, 3.63) is 35.4 Å². The fourth-order valence-electron chi connectivity index (χ4n) is 3.58. The molecular weight excluding hydrogens is 375 g/mol. The van der Waals surface area contributed by atoms with Gasteiger partial charge in [0.15, 0.2) is 0 Å². The molecule has 2 fully saturated rings. The van der Waals surface area contributed by atoms with Crippen molar-refractivity contribution >= 4 is 17.7 Å². The Balaban J connectivity index is 1.67. The van der Waals surface area contributed by atoms with Gasteiger partial charge in [0.2, 0.25) is 17.7 Å². The van der Waals surface area contributed by atoms with Gasteiger partial charge in [-0.25, -0.2) is 0 Å². The fraction of sp³-hybridized carbons (Fsp3) is 0.526. The van der Waals surface area contributed by atoms with E-state index in [-0.39, 0.29) is 43.7 Å². The van der Waals surface area contributed by atoms with Crippen LogP contribution < -0.4 is 5.32 Å². The van der Waals surface area contributed by atoms with Crippen molar-refractivity contribution in [2.75, 3.05) is 26.2 Å². The van der Waals surface area contributed by atoms with Crippen molar-refractivity contribution in [1.29, 1.82) is 0 Å². The molecule has 2 saturated heterocycles. The molecule has 1 aromatic rings. The van der Waals surface area contributed by atoms with Crippen LogP contribution in [0.2, 0.25) is 0 Å². The smallest absolute Gasteiger partial charge is 0.354 e. The summed E-state index contributed by atoms with van der Waals surface area (Å²) in [5.41, 5.74) is -0.385. The summed E-state index contributed by atoms with van der Waals surface area (Å²) < 4.78 is 38.7. The first-order chi connectivity index (χ1) is 13.2. The van der Waals surface area contributed by atoms with Crippen molar-refractivity contribution in [3.63, 3.8) is 0 Å². The Morgan fingerprint density at radius 3 is 2.71 bits per heavy atom. The van der Waals surface area contributed by atoms with E-state index in [2.05, 4.69) is 5.32 Å². The molecule has 2 heterocycles. The second-order valence-corrected chi connectivity index (χ2v) is 7.13. The Labute approximate surface area is 160 Å². The Hall–Kier alpha value is -2.58. The summed E-state index contributed by atoms with van der Waals surface area (Å²) in [4.78, 5) is 39.6. The topological polar surface area (TPSA) is 69.7 Å². The first kappa shape index (κ1) is 20.2. The van der Waals surface area contributed by atoms with Crippen molar-refractivity contribution in [3.8, 4) is 0 Å². The van der Waals surface area contributed by atoms with Crippen molar-refractivity contribution < 1.29 is 27.6 Å². The Morgan fingerprint density at radius 1 is 1.18 bits per heavy atom. The molecule has 2 aliphatic heterocycles. The molecule has 28 heavy (non-hydrogen) atoms. The maximum absolute atomic E-state index is 12.9. The number of amides is 3. The number of rotatable bonds is 3. The van der Waals surface area contributed by atoms with Gasteiger partial charge in [0.05, 0.1) is 11.5 Å². The number of hydrogen-bond donors (Lipinski definition) is 1. The van der Waals surface area contributed by atoms with Crippen LogP contribution in [0.25, 0.3) is 0 Å². The highest BCUT2D eigenvalue weighted by atomic mass is 19.4. The highest BCUT2D eigenvalue weighted by molar-refractivity contribution is 5.85. The van der Waals surface area contributed by atoms with Crippen LogP contribution in [-0.4, -0.2) is 53.7 Å². The fourth-order valence-corrected chi connectivity index (χ4v) is 3.58. The largest absolute Gasteiger partial charge is 0.416 e. The molecule has 0 aliphatic carbocycles. The number of nitrogens with one attached hydrogen (secondary N) is 1. The zero-order valence-electron chi connectivity index (χ0n) is 15.3. The van der Waals surface area contributed by atoms with Crippen molar-refractivity contribution in [1.82, 2.24) is 15.1 Å². The van der Waals surface area contributed by atoms with Gasteiger partial charge >= 0.3 is 6.18 Å². The van der Waals surface area contributed by atoms with Crippen molar-refractivity contribution in [2.24, 2.45) is 5.92 Å². The highest BCUT2D eigenvalue weighted by Crippen LogP contribution is 2.30. The molecule has 1 atom stereocenters. The summed E-state index contributed by atoms with van der Waals surface area (Å²) in [7, 11) is 0. The lowest BCUT2D eigenvalue weighted by Gasteiger charge is -2.34. The van der Waals surface area contributed by atoms with Crippen LogP contribution in [0.3, 0.4) is 0 Å². The maximum Gasteiger partial charge on any atom is 0.416 e. The third-order valence-electron chi connectivity index (χ3n) is 5.10. The molecule has 3 rings (SSSR count). The molecule has 0 spiro atoms. The van der Waals surface area contributed by atoms with E-state index in [0.717, 1.165) is 12.1 Å². The Bertz CT molecular complexity index is 766. The number of hydrogen-bond acceptors (Lipinski definition) is 3. The molecule has 1 aromatic carbocycles. The summed E-state index contributed by atoms with van der Waals surface area (Å²) in [6.07, 6.45) is -3.61. The molecule has 152 valence electrons. The predicted octanol–water partition coefficient (Wildman–Crippen LogP) is 1.79. The van der Waals surface area contributed by atoms with Gasteiger partial charge in [0.25, 0.3) is 0 Å². The third kappa shape index (κ3) is 4.82. The monoisotopic (exact) mass is 397 g/mol. The van der Waals surface area contributed by atoms with Crippen LogP contribution >= 0.6 is 0 Å². The normalized spacial score (nSPS) is 21.3. The van der Waals surface area contributed by atoms with Gasteiger partial charge in [-0.2, -0.15) is 13.2 Å². The number of benzene rings is 1. The highest BCUT2D eigenvalue weighted by Gasteiger charge is 2.34. The SMILES string of the molecule is O=C1CCN(C(=O)[C@@H]2CCC(=O)N(Cc3cccc(C(F)(F)F)c3)C2)CCN1. The van der Waals surface area contributed by atoms with Crippen LogP contribution in [0.4, 0.5) is 13.2 Å². The van der Waals surface area contributed by atoms with E-state index in [1.165, 1.54) is 11.0 Å². The van der Waals surface area contributed by atoms with Crippen LogP contribution in [-0.2, 0) is 27.1 Å². The zero-order chi connectivity index (χ0) is 20.3. The number of carbonyl (C=O) groups is 3. The number of halogens is 3. The van der Waals surface area contributed by atoms with E-state index < -0.39 is 17.7 Å². The zero-order valence-corrected chi connectivity index (χ0v) is 15.3. The molecule has 9 heteroatoms. The van der Waals surface area contributed by atoms with E-state index in [4.69, 9.17) is 0 Å². The summed E-state index contributed by atoms with van der Waals surface area (Å²) in [6.45, 7) is 1.36. The molecule has 6 nitrogen and oxygen atoms in total. The predicted molar refractivity (Wildman–Crippen MR) is 93.8 cm³/mol. The number of alkyl halides is 3. The molecule has 0 radical (unpaired) electrons. The first-order valence-corrected chi connectivity index (χ1v) is 9.23. The van der Waals surface area contributed by atoms with Crippen LogP contribution in [0.5, 0.6) is 0 Å². The number of piperidine rings is 1. The maximum atomic E-state index is 12.9. The number of carbonyl (C=O) groups excluding carboxylic acids is 3. The van der Waals surface area contributed by atoms with E-state index in [1.54, 1.807) is 11.0 Å². The summed E-state index contributed by atoms with van der Waals surface area (Å²) in [6, 6.07) is 4.88. The van der Waals surface area contributed by atoms with Crippen LogP contribution in [0.15, 0.2) is 24.3 Å². The van der Waals surface area contributed by atoms with Crippen LogP contribution in [0, 0.1) is 5.92 Å². The van der Waals surface area contributed by atoms with E-state index in [9.17, 15) is 27.6 Å².